The van der Waals surface area contributed by atoms with E-state index in [1.165, 1.54) is 0 Å². The van der Waals surface area contributed by atoms with Crippen molar-refractivity contribution in [2.75, 3.05) is 20.8 Å². The van der Waals surface area contributed by atoms with Crippen molar-refractivity contribution in [1.29, 1.82) is 0 Å². The number of nitrogens with one attached hydrogen (secondary N) is 1. The van der Waals surface area contributed by atoms with Crippen molar-refractivity contribution in [3.63, 3.8) is 0 Å². The summed E-state index contributed by atoms with van der Waals surface area (Å²) in [4.78, 5) is 0. The summed E-state index contributed by atoms with van der Waals surface area (Å²) in [6.07, 6.45) is 3.01. The van der Waals surface area contributed by atoms with E-state index in [0.29, 0.717) is 12.2 Å². The molecule has 3 atom stereocenters. The molecule has 0 unspecified atom stereocenters. The van der Waals surface area contributed by atoms with Gasteiger partial charge in [-0.1, -0.05) is 0 Å². The van der Waals surface area contributed by atoms with Crippen LogP contribution in [0.15, 0.2) is 18.2 Å². The van der Waals surface area contributed by atoms with Crippen molar-refractivity contribution in [2.24, 2.45) is 0 Å². The third-order valence-corrected chi connectivity index (χ3v) is 3.88. The zero-order valence-electron chi connectivity index (χ0n) is 12.8. The van der Waals surface area contributed by atoms with Gasteiger partial charge in [0.05, 0.1) is 26.4 Å². The van der Waals surface area contributed by atoms with Gasteiger partial charge in [-0.2, -0.15) is 0 Å². The smallest absolute Gasteiger partial charge is 0.123 e. The lowest BCUT2D eigenvalue weighted by atomic mass is 10.1. The van der Waals surface area contributed by atoms with E-state index in [1.54, 1.807) is 14.2 Å². The summed E-state index contributed by atoms with van der Waals surface area (Å²) in [5.74, 6) is 1.73. The molecule has 1 N–H and O–H groups in total. The van der Waals surface area contributed by atoms with E-state index in [-0.39, 0.29) is 6.04 Å². The summed E-state index contributed by atoms with van der Waals surface area (Å²) >= 11 is 0. The average molecular weight is 279 g/mol. The lowest BCUT2D eigenvalue weighted by Crippen LogP contribution is -2.29. The quantitative estimate of drug-likeness (QED) is 0.869. The molecule has 0 radical (unpaired) electrons. The second-order valence-corrected chi connectivity index (χ2v) is 5.38. The average Bonchev–Trinajstić information content (AvgIpc) is 2.89. The zero-order valence-corrected chi connectivity index (χ0v) is 12.8. The monoisotopic (exact) mass is 279 g/mol. The van der Waals surface area contributed by atoms with E-state index >= 15 is 0 Å². The highest BCUT2D eigenvalue weighted by molar-refractivity contribution is 5.42. The Hall–Kier alpha value is -1.26. The molecule has 2 rings (SSSR count). The Morgan fingerprint density at radius 3 is 2.70 bits per heavy atom. The van der Waals surface area contributed by atoms with E-state index in [4.69, 9.17) is 14.2 Å². The molecule has 20 heavy (non-hydrogen) atoms. The number of rotatable bonds is 6. The number of hydrogen-bond acceptors (Lipinski definition) is 4. The molecule has 0 amide bonds. The van der Waals surface area contributed by atoms with Crippen molar-refractivity contribution < 1.29 is 14.2 Å². The van der Waals surface area contributed by atoms with Crippen LogP contribution in [0.3, 0.4) is 0 Å². The number of benzene rings is 1. The fourth-order valence-electron chi connectivity index (χ4n) is 2.63. The second-order valence-electron chi connectivity index (χ2n) is 5.38. The maximum absolute atomic E-state index is 5.83. The lowest BCUT2D eigenvalue weighted by Gasteiger charge is -2.20. The fourth-order valence-corrected chi connectivity index (χ4v) is 2.63. The van der Waals surface area contributed by atoms with Gasteiger partial charge in [-0.25, -0.2) is 0 Å². The van der Waals surface area contributed by atoms with Crippen molar-refractivity contribution in [3.05, 3.63) is 23.8 Å². The third-order valence-electron chi connectivity index (χ3n) is 3.88. The van der Waals surface area contributed by atoms with Gasteiger partial charge < -0.3 is 19.5 Å². The van der Waals surface area contributed by atoms with Gasteiger partial charge in [0.15, 0.2) is 0 Å². The van der Waals surface area contributed by atoms with E-state index in [9.17, 15) is 0 Å². The largest absolute Gasteiger partial charge is 0.497 e. The molecule has 1 aromatic rings. The summed E-state index contributed by atoms with van der Waals surface area (Å²) < 4.78 is 16.5. The summed E-state index contributed by atoms with van der Waals surface area (Å²) in [5.41, 5.74) is 1.11. The summed E-state index contributed by atoms with van der Waals surface area (Å²) in [6.45, 7) is 5.13. The predicted molar refractivity (Wildman–Crippen MR) is 79.5 cm³/mol. The lowest BCUT2D eigenvalue weighted by molar-refractivity contribution is 0.0546. The topological polar surface area (TPSA) is 39.7 Å². The Labute approximate surface area is 121 Å². The first-order chi connectivity index (χ1) is 9.63. The highest BCUT2D eigenvalue weighted by Crippen LogP contribution is 2.29. The Balaban J connectivity index is 1.98. The van der Waals surface area contributed by atoms with Gasteiger partial charge in [0.25, 0.3) is 0 Å². The van der Waals surface area contributed by atoms with Crippen LogP contribution < -0.4 is 14.8 Å². The molecule has 0 aromatic heterocycles. The predicted octanol–water partition coefficient (Wildman–Crippen LogP) is 2.92. The van der Waals surface area contributed by atoms with Crippen LogP contribution in [0.5, 0.6) is 11.5 Å². The summed E-state index contributed by atoms with van der Waals surface area (Å²) in [5, 5.41) is 3.53. The molecule has 4 heteroatoms. The van der Waals surface area contributed by atoms with Gasteiger partial charge in [0.1, 0.15) is 11.5 Å². The van der Waals surface area contributed by atoms with E-state index in [2.05, 4.69) is 19.2 Å². The SMILES string of the molecule is COc1ccc(OC)c([C@H](C)NC[C@@H]2CC[C@H](C)O2)c1. The standard InChI is InChI=1S/C16H25NO3/c1-11-5-6-14(20-11)10-17-12(2)15-9-13(18-3)7-8-16(15)19-4/h7-9,11-12,14,17H,5-6,10H2,1-4H3/t11-,12-,14-/m0/s1. The van der Waals surface area contributed by atoms with Crippen LogP contribution >= 0.6 is 0 Å². The van der Waals surface area contributed by atoms with Crippen LogP contribution in [0.2, 0.25) is 0 Å². The summed E-state index contributed by atoms with van der Waals surface area (Å²) in [7, 11) is 3.37. The molecule has 0 bridgehead atoms. The molecule has 0 saturated carbocycles. The van der Waals surface area contributed by atoms with Gasteiger partial charge in [-0.3, -0.25) is 0 Å². The van der Waals surface area contributed by atoms with Crippen molar-refractivity contribution in [3.8, 4) is 11.5 Å². The van der Waals surface area contributed by atoms with Crippen LogP contribution in [0, 0.1) is 0 Å². The molecule has 1 aliphatic rings. The van der Waals surface area contributed by atoms with Crippen LogP contribution in [0.25, 0.3) is 0 Å². The Morgan fingerprint density at radius 2 is 2.10 bits per heavy atom. The highest BCUT2D eigenvalue weighted by Gasteiger charge is 2.22. The van der Waals surface area contributed by atoms with E-state index in [1.807, 2.05) is 18.2 Å². The molecule has 1 heterocycles. The molecule has 0 spiro atoms. The zero-order chi connectivity index (χ0) is 14.5. The first kappa shape index (κ1) is 15.1. The number of hydrogen-bond donors (Lipinski definition) is 1. The Bertz CT molecular complexity index is 436. The second kappa shape index (κ2) is 6.95. The van der Waals surface area contributed by atoms with Gasteiger partial charge in [-0.05, 0) is 44.9 Å². The van der Waals surface area contributed by atoms with Crippen molar-refractivity contribution >= 4 is 0 Å². The fraction of sp³-hybridized carbons (Fsp3) is 0.625. The first-order valence-corrected chi connectivity index (χ1v) is 7.24. The van der Waals surface area contributed by atoms with Gasteiger partial charge >= 0.3 is 0 Å². The van der Waals surface area contributed by atoms with Crippen molar-refractivity contribution in [1.82, 2.24) is 5.32 Å². The van der Waals surface area contributed by atoms with E-state index < -0.39 is 0 Å². The molecule has 4 nitrogen and oxygen atoms in total. The Kier molecular flexibility index (Phi) is 5.26. The third kappa shape index (κ3) is 3.64. The minimum absolute atomic E-state index is 0.194. The molecule has 1 aromatic carbocycles. The number of methoxy groups -OCH3 is 2. The molecule has 112 valence electrons. The Morgan fingerprint density at radius 1 is 1.30 bits per heavy atom. The van der Waals surface area contributed by atoms with Crippen molar-refractivity contribution in [2.45, 2.75) is 44.9 Å². The molecule has 1 fully saturated rings. The minimum Gasteiger partial charge on any atom is -0.497 e. The van der Waals surface area contributed by atoms with Gasteiger partial charge in [0, 0.05) is 18.2 Å². The first-order valence-electron chi connectivity index (χ1n) is 7.24. The molecule has 1 saturated heterocycles. The van der Waals surface area contributed by atoms with Crippen LogP contribution in [0.4, 0.5) is 0 Å². The number of ether oxygens (including phenoxy) is 3. The normalized spacial score (nSPS) is 23.6. The van der Waals surface area contributed by atoms with Crippen LogP contribution in [0.1, 0.15) is 38.3 Å². The highest BCUT2D eigenvalue weighted by atomic mass is 16.5. The molecule has 0 aliphatic carbocycles. The molecule has 1 aliphatic heterocycles. The van der Waals surface area contributed by atoms with Gasteiger partial charge in [-0.15, -0.1) is 0 Å². The maximum Gasteiger partial charge on any atom is 0.123 e. The molecular formula is C16H25NO3. The summed E-state index contributed by atoms with van der Waals surface area (Å²) in [6, 6.07) is 6.07. The van der Waals surface area contributed by atoms with Crippen LogP contribution in [-0.2, 0) is 4.74 Å². The van der Waals surface area contributed by atoms with E-state index in [0.717, 1.165) is 36.4 Å². The molecular weight excluding hydrogens is 254 g/mol. The minimum atomic E-state index is 0.194. The maximum atomic E-state index is 5.83. The van der Waals surface area contributed by atoms with Gasteiger partial charge in [0.2, 0.25) is 0 Å². The van der Waals surface area contributed by atoms with Crippen LogP contribution in [-0.4, -0.2) is 33.0 Å².